The topological polar surface area (TPSA) is 98.2 Å². The van der Waals surface area contributed by atoms with Crippen LogP contribution in [0, 0.1) is 5.41 Å². The first-order chi connectivity index (χ1) is 17.1. The molecule has 0 radical (unpaired) electrons. The highest BCUT2D eigenvalue weighted by atomic mass is 28.3. The molecule has 0 atom stereocenters. The number of amides is 1. The number of fused-ring (bicyclic) bond motifs is 2. The SMILES string of the molecule is CN(C(=O)OC(C)(C)C)c1cnc2nc(-c3nn(COCC[Si](C)(C)C)c4c3CCC(C)(C)C4)[nH]c2c1. The summed E-state index contributed by atoms with van der Waals surface area (Å²) < 4.78 is 13.6. The Morgan fingerprint density at radius 1 is 1.27 bits per heavy atom. The van der Waals surface area contributed by atoms with Gasteiger partial charge in [0.1, 0.15) is 18.0 Å². The number of carbonyl (C=O) groups is 1. The summed E-state index contributed by atoms with van der Waals surface area (Å²) in [5.74, 6) is 0.691. The molecular weight excluding hydrogens is 484 g/mol. The smallest absolute Gasteiger partial charge is 0.414 e. The van der Waals surface area contributed by atoms with E-state index in [1.165, 1.54) is 16.2 Å². The van der Waals surface area contributed by atoms with Crippen LogP contribution >= 0.6 is 0 Å². The van der Waals surface area contributed by atoms with E-state index in [-0.39, 0.29) is 5.41 Å². The molecular formula is C27H42N6O3Si. The summed E-state index contributed by atoms with van der Waals surface area (Å²) >= 11 is 0. The number of H-pyrrole nitrogens is 1. The molecule has 10 heteroatoms. The Morgan fingerprint density at radius 3 is 2.68 bits per heavy atom. The molecule has 0 aromatic carbocycles. The number of rotatable bonds is 7. The largest absolute Gasteiger partial charge is 0.443 e. The Balaban J connectivity index is 1.62. The highest BCUT2D eigenvalue weighted by Crippen LogP contribution is 2.39. The summed E-state index contributed by atoms with van der Waals surface area (Å²) in [4.78, 5) is 26.7. The molecule has 9 nitrogen and oxygen atoms in total. The van der Waals surface area contributed by atoms with Crippen LogP contribution in [-0.4, -0.2) is 58.2 Å². The Hall–Kier alpha value is -2.72. The molecule has 1 aliphatic rings. The van der Waals surface area contributed by atoms with Gasteiger partial charge in [-0.1, -0.05) is 33.5 Å². The highest BCUT2D eigenvalue weighted by molar-refractivity contribution is 6.76. The first-order valence-electron chi connectivity index (χ1n) is 13.1. The first-order valence-corrected chi connectivity index (χ1v) is 16.8. The molecule has 202 valence electrons. The van der Waals surface area contributed by atoms with Crippen LogP contribution in [0.15, 0.2) is 12.3 Å². The first kappa shape index (κ1) is 27.3. The lowest BCUT2D eigenvalue weighted by Crippen LogP contribution is -2.34. The summed E-state index contributed by atoms with van der Waals surface area (Å²) in [7, 11) is 0.522. The van der Waals surface area contributed by atoms with Crippen molar-refractivity contribution in [3.05, 3.63) is 23.5 Å². The zero-order valence-corrected chi connectivity index (χ0v) is 24.9. The van der Waals surface area contributed by atoms with Gasteiger partial charge in [-0.15, -0.1) is 0 Å². The van der Waals surface area contributed by atoms with E-state index in [2.05, 4.69) is 43.5 Å². The third-order valence-electron chi connectivity index (χ3n) is 6.68. The van der Waals surface area contributed by atoms with Crippen LogP contribution in [0.1, 0.15) is 52.3 Å². The van der Waals surface area contributed by atoms with E-state index >= 15 is 0 Å². The van der Waals surface area contributed by atoms with E-state index in [4.69, 9.17) is 19.6 Å². The van der Waals surface area contributed by atoms with Gasteiger partial charge in [0.05, 0.1) is 17.4 Å². The van der Waals surface area contributed by atoms with Crippen LogP contribution in [-0.2, 0) is 29.0 Å². The number of pyridine rings is 1. The average molecular weight is 527 g/mol. The normalized spacial score (nSPS) is 15.6. The molecule has 0 saturated carbocycles. The van der Waals surface area contributed by atoms with Crippen LogP contribution in [0.5, 0.6) is 0 Å². The predicted octanol–water partition coefficient (Wildman–Crippen LogP) is 6.02. The number of ether oxygens (including phenoxy) is 2. The summed E-state index contributed by atoms with van der Waals surface area (Å²) in [6.45, 7) is 18.5. The molecule has 0 fully saturated rings. The molecule has 3 aromatic rings. The van der Waals surface area contributed by atoms with Gasteiger partial charge >= 0.3 is 6.09 Å². The predicted molar refractivity (Wildman–Crippen MR) is 150 cm³/mol. The van der Waals surface area contributed by atoms with E-state index in [1.807, 2.05) is 31.5 Å². The number of hydrogen-bond donors (Lipinski definition) is 1. The van der Waals surface area contributed by atoms with Gasteiger partial charge in [0, 0.05) is 33.0 Å². The summed E-state index contributed by atoms with van der Waals surface area (Å²) in [6, 6.07) is 3.00. The highest BCUT2D eigenvalue weighted by Gasteiger charge is 2.32. The molecule has 1 aliphatic carbocycles. The lowest BCUT2D eigenvalue weighted by molar-refractivity contribution is 0.0589. The fourth-order valence-electron chi connectivity index (χ4n) is 4.45. The van der Waals surface area contributed by atoms with Crippen molar-refractivity contribution in [2.75, 3.05) is 18.6 Å². The molecule has 37 heavy (non-hydrogen) atoms. The second kappa shape index (κ2) is 9.87. The second-order valence-electron chi connectivity index (χ2n) is 13.2. The van der Waals surface area contributed by atoms with Gasteiger partial charge < -0.3 is 14.5 Å². The van der Waals surface area contributed by atoms with Crippen molar-refractivity contribution < 1.29 is 14.3 Å². The lowest BCUT2D eigenvalue weighted by atomic mass is 9.76. The molecule has 1 N–H and O–H groups in total. The van der Waals surface area contributed by atoms with Crippen molar-refractivity contribution in [1.82, 2.24) is 24.7 Å². The number of aromatic nitrogens is 5. The average Bonchev–Trinajstić information content (AvgIpc) is 3.34. The van der Waals surface area contributed by atoms with E-state index in [1.54, 1.807) is 13.2 Å². The van der Waals surface area contributed by atoms with Gasteiger partial charge in [0.25, 0.3) is 0 Å². The van der Waals surface area contributed by atoms with E-state index in [9.17, 15) is 4.79 Å². The van der Waals surface area contributed by atoms with Crippen LogP contribution in [0.25, 0.3) is 22.7 Å². The Labute approximate surface area is 221 Å². The van der Waals surface area contributed by atoms with Crippen molar-refractivity contribution in [2.24, 2.45) is 5.41 Å². The lowest BCUT2D eigenvalue weighted by Gasteiger charge is -2.30. The molecule has 0 spiro atoms. The van der Waals surface area contributed by atoms with E-state index in [0.717, 1.165) is 43.1 Å². The number of nitrogens with zero attached hydrogens (tertiary/aromatic N) is 5. The Bertz CT molecular complexity index is 1280. The number of aromatic amines is 1. The van der Waals surface area contributed by atoms with Crippen LogP contribution < -0.4 is 4.90 Å². The molecule has 4 rings (SSSR count). The van der Waals surface area contributed by atoms with Crippen molar-refractivity contribution in [1.29, 1.82) is 0 Å². The maximum absolute atomic E-state index is 12.5. The molecule has 1 amide bonds. The van der Waals surface area contributed by atoms with Crippen LogP contribution in [0.3, 0.4) is 0 Å². The van der Waals surface area contributed by atoms with Gasteiger partial charge in [-0.3, -0.25) is 4.90 Å². The molecule has 0 bridgehead atoms. The quantitative estimate of drug-likeness (QED) is 0.299. The van der Waals surface area contributed by atoms with Crippen molar-refractivity contribution in [3.63, 3.8) is 0 Å². The minimum Gasteiger partial charge on any atom is -0.443 e. The minimum absolute atomic E-state index is 0.219. The van der Waals surface area contributed by atoms with Gasteiger partial charge in [0.15, 0.2) is 11.5 Å². The number of hydrogen-bond acceptors (Lipinski definition) is 6. The molecule has 3 aromatic heterocycles. The molecule has 3 heterocycles. The van der Waals surface area contributed by atoms with E-state index < -0.39 is 19.8 Å². The number of carbonyl (C=O) groups excluding carboxylic acids is 1. The fourth-order valence-corrected chi connectivity index (χ4v) is 5.20. The van der Waals surface area contributed by atoms with Crippen molar-refractivity contribution >= 4 is 31.0 Å². The summed E-state index contributed by atoms with van der Waals surface area (Å²) in [6.07, 6.45) is 4.20. The third-order valence-corrected chi connectivity index (χ3v) is 8.38. The minimum atomic E-state index is -1.15. The Morgan fingerprint density at radius 2 is 2.00 bits per heavy atom. The summed E-state index contributed by atoms with van der Waals surface area (Å²) in [5.41, 5.74) is 4.93. The maximum atomic E-state index is 12.5. The third kappa shape index (κ3) is 6.59. The maximum Gasteiger partial charge on any atom is 0.414 e. The van der Waals surface area contributed by atoms with Crippen LogP contribution in [0.4, 0.5) is 10.5 Å². The standard InChI is InChI=1S/C27H42N6O3Si/c1-26(2,3)36-25(34)32(6)18-14-20-23(28-16-18)30-24(29-20)22-19-10-11-27(4,5)15-21(19)33(31-22)17-35-12-13-37(7,8)9/h14,16H,10-13,15,17H2,1-9H3,(H,28,29,30). The molecule has 0 aliphatic heterocycles. The molecule has 0 saturated heterocycles. The number of imidazole rings is 1. The van der Waals surface area contributed by atoms with Gasteiger partial charge in [0.2, 0.25) is 0 Å². The molecule has 0 unspecified atom stereocenters. The zero-order valence-electron chi connectivity index (χ0n) is 23.9. The van der Waals surface area contributed by atoms with Crippen LogP contribution in [0.2, 0.25) is 25.7 Å². The van der Waals surface area contributed by atoms with E-state index in [0.29, 0.717) is 23.9 Å². The summed E-state index contributed by atoms with van der Waals surface area (Å²) in [5, 5.41) is 4.98. The van der Waals surface area contributed by atoms with Gasteiger partial charge in [-0.25, -0.2) is 19.4 Å². The Kier molecular flexibility index (Phi) is 7.28. The monoisotopic (exact) mass is 526 g/mol. The second-order valence-corrected chi connectivity index (χ2v) is 18.8. The zero-order chi connectivity index (χ0) is 27.2. The van der Waals surface area contributed by atoms with Gasteiger partial charge in [-0.2, -0.15) is 5.10 Å². The van der Waals surface area contributed by atoms with Crippen molar-refractivity contribution in [3.8, 4) is 11.5 Å². The van der Waals surface area contributed by atoms with Crippen molar-refractivity contribution in [2.45, 2.75) is 91.9 Å². The number of anilines is 1. The number of nitrogens with one attached hydrogen (secondary N) is 1. The fraction of sp³-hybridized carbons (Fsp3) is 0.630. The van der Waals surface area contributed by atoms with Gasteiger partial charge in [-0.05, 0) is 57.6 Å².